The normalized spacial score (nSPS) is 13.8. The molecule has 49 heavy (non-hydrogen) atoms. The molecule has 0 aromatic heterocycles. The molecule has 0 bridgehead atoms. The fraction of sp³-hybridized carbons (Fsp3) is 0.405. The summed E-state index contributed by atoms with van der Waals surface area (Å²) in [5.41, 5.74) is 11.7. The van der Waals surface area contributed by atoms with Gasteiger partial charge in [0, 0.05) is 23.0 Å². The number of ether oxygens (including phenoxy) is 3. The summed E-state index contributed by atoms with van der Waals surface area (Å²) in [6, 6.07) is 16.8. The molecule has 0 unspecified atom stereocenters. The van der Waals surface area contributed by atoms with E-state index < -0.39 is 41.9 Å². The quantitative estimate of drug-likeness (QED) is 0.169. The molecule has 0 radical (unpaired) electrons. The van der Waals surface area contributed by atoms with Gasteiger partial charge < -0.3 is 35.9 Å². The standard InChI is InChI=1S/C37H46N4O7S/c1-21(2)15-30(34(38)42)40-36(44)31(20-49-19-29-32(46-5)16-22(3)17-33(29)47-6)41-35(43)23(4)39-37(45)48-18-28-26-13-9-7-11-24(26)25-12-8-10-14-27(25)28/h7-14,16-17,21,23,28,30-31H,15,18-20H2,1-6H3,(H2,38,42)(H,39,45)(H,40,44)(H,41,43)/t23-,30-,31-/m0/s1. The second-order valence-electron chi connectivity index (χ2n) is 12.5. The summed E-state index contributed by atoms with van der Waals surface area (Å²) in [6.07, 6.45) is -0.420. The van der Waals surface area contributed by atoms with Crippen LogP contribution >= 0.6 is 11.8 Å². The molecule has 3 aromatic rings. The number of nitrogens with two attached hydrogens (primary N) is 1. The second kappa shape index (κ2) is 17.1. The lowest BCUT2D eigenvalue weighted by Gasteiger charge is -2.24. The third kappa shape index (κ3) is 9.47. The van der Waals surface area contributed by atoms with E-state index in [0.717, 1.165) is 33.4 Å². The second-order valence-corrected chi connectivity index (χ2v) is 13.5. The first-order valence-electron chi connectivity index (χ1n) is 16.2. The average molecular weight is 691 g/mol. The first kappa shape index (κ1) is 37.1. The van der Waals surface area contributed by atoms with E-state index in [0.29, 0.717) is 23.7 Å². The number of alkyl carbamates (subject to hydrolysis) is 1. The third-order valence-corrected chi connectivity index (χ3v) is 9.42. The zero-order valence-electron chi connectivity index (χ0n) is 28.8. The number of hydrogen-bond donors (Lipinski definition) is 4. The molecule has 0 heterocycles. The highest BCUT2D eigenvalue weighted by molar-refractivity contribution is 7.98. The van der Waals surface area contributed by atoms with Crippen LogP contribution in [0.25, 0.3) is 11.1 Å². The highest BCUT2D eigenvalue weighted by Gasteiger charge is 2.31. The zero-order valence-corrected chi connectivity index (χ0v) is 29.6. The molecule has 3 atom stereocenters. The van der Waals surface area contributed by atoms with Crippen molar-refractivity contribution < 1.29 is 33.4 Å². The maximum atomic E-state index is 13.5. The van der Waals surface area contributed by atoms with Crippen molar-refractivity contribution in [3.8, 4) is 22.6 Å². The van der Waals surface area contributed by atoms with Gasteiger partial charge in [-0.15, -0.1) is 0 Å². The molecule has 4 amide bonds. The van der Waals surface area contributed by atoms with Crippen LogP contribution in [-0.2, 0) is 24.9 Å². The maximum absolute atomic E-state index is 13.5. The fourth-order valence-corrected chi connectivity index (χ4v) is 6.97. The van der Waals surface area contributed by atoms with Crippen molar-refractivity contribution in [3.05, 3.63) is 82.9 Å². The van der Waals surface area contributed by atoms with Crippen LogP contribution in [0.4, 0.5) is 4.79 Å². The summed E-state index contributed by atoms with van der Waals surface area (Å²) < 4.78 is 16.7. The van der Waals surface area contributed by atoms with E-state index in [1.54, 1.807) is 14.2 Å². The highest BCUT2D eigenvalue weighted by Crippen LogP contribution is 2.44. The van der Waals surface area contributed by atoms with Crippen LogP contribution in [0, 0.1) is 12.8 Å². The van der Waals surface area contributed by atoms with Gasteiger partial charge in [0.25, 0.3) is 0 Å². The topological polar surface area (TPSA) is 158 Å². The molecule has 11 nitrogen and oxygen atoms in total. The van der Waals surface area contributed by atoms with Crippen LogP contribution < -0.4 is 31.2 Å². The first-order chi connectivity index (χ1) is 23.4. The Hall–Kier alpha value is -4.71. The van der Waals surface area contributed by atoms with E-state index in [1.165, 1.54) is 18.7 Å². The minimum atomic E-state index is -1.05. The Labute approximate surface area is 292 Å². The molecule has 3 aromatic carbocycles. The molecule has 1 aliphatic rings. The van der Waals surface area contributed by atoms with Crippen LogP contribution in [0.1, 0.15) is 55.4 Å². The number of methoxy groups -OCH3 is 2. The summed E-state index contributed by atoms with van der Waals surface area (Å²) in [7, 11) is 3.14. The van der Waals surface area contributed by atoms with Crippen molar-refractivity contribution in [1.29, 1.82) is 0 Å². The van der Waals surface area contributed by atoms with Crippen LogP contribution in [-0.4, -0.2) is 68.5 Å². The van der Waals surface area contributed by atoms with E-state index >= 15 is 0 Å². The summed E-state index contributed by atoms with van der Waals surface area (Å²) in [5, 5.41) is 8.02. The molecule has 0 aliphatic heterocycles. The van der Waals surface area contributed by atoms with E-state index in [2.05, 4.69) is 16.0 Å². The number of primary amides is 1. The van der Waals surface area contributed by atoms with E-state index in [1.807, 2.05) is 81.4 Å². The Morgan fingerprint density at radius 2 is 1.37 bits per heavy atom. The molecule has 0 spiro atoms. The minimum Gasteiger partial charge on any atom is -0.496 e. The van der Waals surface area contributed by atoms with Gasteiger partial charge in [-0.2, -0.15) is 11.8 Å². The lowest BCUT2D eigenvalue weighted by Crippen LogP contribution is -2.57. The number of nitrogens with one attached hydrogen (secondary N) is 3. The first-order valence-corrected chi connectivity index (χ1v) is 17.4. The Kier molecular flexibility index (Phi) is 13.0. The SMILES string of the molecule is COc1cc(C)cc(OC)c1CSC[C@H](NC(=O)[C@H](C)NC(=O)OCC1c2ccccc2-c2ccccc21)C(=O)N[C@@H](CC(C)C)C(N)=O. The predicted octanol–water partition coefficient (Wildman–Crippen LogP) is 4.67. The van der Waals surface area contributed by atoms with Crippen LogP contribution in [0.2, 0.25) is 0 Å². The number of hydrogen-bond acceptors (Lipinski definition) is 8. The van der Waals surface area contributed by atoms with Gasteiger partial charge >= 0.3 is 6.09 Å². The molecule has 5 N–H and O–H groups in total. The van der Waals surface area contributed by atoms with Crippen molar-refractivity contribution in [2.24, 2.45) is 11.7 Å². The van der Waals surface area contributed by atoms with Crippen molar-refractivity contribution in [1.82, 2.24) is 16.0 Å². The lowest BCUT2D eigenvalue weighted by molar-refractivity contribution is -0.131. The summed E-state index contributed by atoms with van der Waals surface area (Å²) in [4.78, 5) is 51.9. The number of rotatable bonds is 16. The number of thioether (sulfide) groups is 1. The van der Waals surface area contributed by atoms with E-state index in [4.69, 9.17) is 19.9 Å². The molecule has 0 fully saturated rings. The number of carbonyl (C=O) groups is 4. The Balaban J connectivity index is 1.41. The molecule has 262 valence electrons. The average Bonchev–Trinajstić information content (AvgIpc) is 3.39. The molecular weight excluding hydrogens is 644 g/mol. The van der Waals surface area contributed by atoms with Gasteiger partial charge in [-0.3, -0.25) is 14.4 Å². The molecule has 0 saturated heterocycles. The molecule has 0 saturated carbocycles. The van der Waals surface area contributed by atoms with Crippen molar-refractivity contribution >= 4 is 35.6 Å². The molecule has 12 heteroatoms. The van der Waals surface area contributed by atoms with E-state index in [9.17, 15) is 19.2 Å². The Morgan fingerprint density at radius 1 is 0.816 bits per heavy atom. The Morgan fingerprint density at radius 3 is 1.90 bits per heavy atom. The van der Waals surface area contributed by atoms with Gasteiger partial charge in [0.2, 0.25) is 17.7 Å². The van der Waals surface area contributed by atoms with Crippen LogP contribution in [0.5, 0.6) is 11.5 Å². The largest absolute Gasteiger partial charge is 0.496 e. The van der Waals surface area contributed by atoms with Crippen LogP contribution in [0.3, 0.4) is 0 Å². The van der Waals surface area contributed by atoms with Crippen molar-refractivity contribution in [2.45, 2.75) is 63.9 Å². The zero-order chi connectivity index (χ0) is 35.7. The van der Waals surface area contributed by atoms with E-state index in [-0.39, 0.29) is 24.2 Å². The number of aryl methyl sites for hydroxylation is 1. The highest BCUT2D eigenvalue weighted by atomic mass is 32.2. The number of amides is 4. The fourth-order valence-electron chi connectivity index (χ4n) is 5.89. The molecular formula is C37H46N4O7S. The van der Waals surface area contributed by atoms with Gasteiger partial charge in [0.15, 0.2) is 0 Å². The molecule has 4 rings (SSSR count). The van der Waals surface area contributed by atoms with Gasteiger partial charge in [-0.1, -0.05) is 62.4 Å². The van der Waals surface area contributed by atoms with Crippen molar-refractivity contribution in [2.75, 3.05) is 26.6 Å². The summed E-state index contributed by atoms with van der Waals surface area (Å²) >= 11 is 1.37. The number of fused-ring (bicyclic) bond motifs is 3. The predicted molar refractivity (Wildman–Crippen MR) is 191 cm³/mol. The van der Waals surface area contributed by atoms with Gasteiger partial charge in [-0.25, -0.2) is 4.79 Å². The lowest BCUT2D eigenvalue weighted by atomic mass is 9.98. The molecule has 1 aliphatic carbocycles. The van der Waals surface area contributed by atoms with Gasteiger partial charge in [-0.05, 0) is 66.1 Å². The van der Waals surface area contributed by atoms with Crippen LogP contribution in [0.15, 0.2) is 60.7 Å². The van der Waals surface area contributed by atoms with Crippen molar-refractivity contribution in [3.63, 3.8) is 0 Å². The number of carbonyl (C=O) groups excluding carboxylic acids is 4. The monoisotopic (exact) mass is 690 g/mol. The smallest absolute Gasteiger partial charge is 0.407 e. The van der Waals surface area contributed by atoms with Gasteiger partial charge in [0.1, 0.15) is 36.2 Å². The minimum absolute atomic E-state index is 0.0862. The Bertz CT molecular complexity index is 1590. The summed E-state index contributed by atoms with van der Waals surface area (Å²) in [6.45, 7) is 7.35. The number of benzene rings is 3. The third-order valence-electron chi connectivity index (χ3n) is 8.35. The van der Waals surface area contributed by atoms with Gasteiger partial charge in [0.05, 0.1) is 14.2 Å². The maximum Gasteiger partial charge on any atom is 0.407 e. The summed E-state index contributed by atoms with van der Waals surface area (Å²) in [5.74, 6) is -0.0551.